The minimum Gasteiger partial charge on any atom is -0.341 e. The molecule has 1 aromatic carbocycles. The Labute approximate surface area is 104 Å². The number of nitrogens with zero attached hydrogens (tertiary/aromatic N) is 2. The third kappa shape index (κ3) is 4.44. The first kappa shape index (κ1) is 13.5. The lowest BCUT2D eigenvalue weighted by Gasteiger charge is -2.20. The van der Waals surface area contributed by atoms with Gasteiger partial charge in [0.15, 0.2) is 0 Å². The first-order valence-electron chi connectivity index (χ1n) is 5.95. The van der Waals surface area contributed by atoms with Crippen LogP contribution in [-0.2, 0) is 6.54 Å². The van der Waals surface area contributed by atoms with Crippen molar-refractivity contribution in [2.75, 3.05) is 13.6 Å². The number of aryl methyl sites for hydroxylation is 1. The molecule has 0 saturated carbocycles. The van der Waals surface area contributed by atoms with Crippen LogP contribution in [0.4, 0.5) is 0 Å². The third-order valence-corrected chi connectivity index (χ3v) is 2.52. The van der Waals surface area contributed by atoms with Crippen molar-refractivity contribution < 1.29 is 0 Å². The normalized spacial score (nSPS) is 11.4. The molecule has 0 fully saturated rings. The van der Waals surface area contributed by atoms with E-state index < -0.39 is 0 Å². The van der Waals surface area contributed by atoms with Gasteiger partial charge >= 0.3 is 0 Å². The molecule has 0 atom stereocenters. The molecule has 0 radical (unpaired) electrons. The number of guanidine groups is 1. The van der Waals surface area contributed by atoms with E-state index in [0.29, 0.717) is 0 Å². The fourth-order valence-corrected chi connectivity index (χ4v) is 1.54. The Bertz CT molecular complexity index is 356. The zero-order valence-corrected chi connectivity index (χ0v) is 10.9. The summed E-state index contributed by atoms with van der Waals surface area (Å²) >= 11 is 0. The number of rotatable bonds is 4. The van der Waals surface area contributed by atoms with Crippen molar-refractivity contribution in [3.05, 3.63) is 35.4 Å². The highest BCUT2D eigenvalue weighted by Crippen LogP contribution is 2.05. The first-order valence-corrected chi connectivity index (χ1v) is 5.95. The van der Waals surface area contributed by atoms with Crippen LogP contribution < -0.4 is 11.3 Å². The highest BCUT2D eigenvalue weighted by atomic mass is 15.4. The summed E-state index contributed by atoms with van der Waals surface area (Å²) in [6.45, 7) is 5.77. The number of hydrazine groups is 1. The van der Waals surface area contributed by atoms with E-state index in [-0.39, 0.29) is 0 Å². The molecule has 17 heavy (non-hydrogen) atoms. The van der Waals surface area contributed by atoms with Crippen LogP contribution in [0.15, 0.2) is 29.3 Å². The van der Waals surface area contributed by atoms with Crippen molar-refractivity contribution in [1.29, 1.82) is 0 Å². The zero-order valence-electron chi connectivity index (χ0n) is 10.9. The Kier molecular flexibility index (Phi) is 5.49. The predicted octanol–water partition coefficient (Wildman–Crippen LogP) is 1.66. The minimum atomic E-state index is 0.729. The van der Waals surface area contributed by atoms with Crippen molar-refractivity contribution in [2.45, 2.75) is 26.8 Å². The molecule has 1 aromatic rings. The van der Waals surface area contributed by atoms with Crippen LogP contribution >= 0.6 is 0 Å². The molecule has 0 aromatic heterocycles. The van der Waals surface area contributed by atoms with E-state index in [4.69, 9.17) is 5.84 Å². The third-order valence-electron chi connectivity index (χ3n) is 2.52. The van der Waals surface area contributed by atoms with Gasteiger partial charge in [0.05, 0.1) is 0 Å². The molecule has 0 saturated heterocycles. The molecule has 0 heterocycles. The Morgan fingerprint density at radius 2 is 2.00 bits per heavy atom. The second kappa shape index (κ2) is 6.91. The average Bonchev–Trinajstić information content (AvgIpc) is 2.33. The molecular formula is C13H22N4. The molecule has 0 bridgehead atoms. The van der Waals surface area contributed by atoms with E-state index in [1.807, 2.05) is 11.9 Å². The van der Waals surface area contributed by atoms with Gasteiger partial charge in [-0.3, -0.25) is 10.4 Å². The number of benzene rings is 1. The van der Waals surface area contributed by atoms with Crippen molar-refractivity contribution in [3.8, 4) is 0 Å². The van der Waals surface area contributed by atoms with E-state index in [1.165, 1.54) is 11.1 Å². The molecular weight excluding hydrogens is 212 g/mol. The summed E-state index contributed by atoms with van der Waals surface area (Å²) in [6, 6.07) is 8.48. The summed E-state index contributed by atoms with van der Waals surface area (Å²) in [5.41, 5.74) is 5.16. The van der Waals surface area contributed by atoms with Crippen LogP contribution in [0.2, 0.25) is 0 Å². The lowest BCUT2D eigenvalue weighted by molar-refractivity contribution is 0.477. The molecule has 1 rings (SSSR count). The van der Waals surface area contributed by atoms with Gasteiger partial charge in [-0.05, 0) is 18.9 Å². The molecule has 0 aliphatic heterocycles. The van der Waals surface area contributed by atoms with Crippen LogP contribution in [0.5, 0.6) is 0 Å². The Balaban J connectivity index is 2.63. The van der Waals surface area contributed by atoms with Gasteiger partial charge in [0.1, 0.15) is 0 Å². The van der Waals surface area contributed by atoms with Crippen molar-refractivity contribution in [3.63, 3.8) is 0 Å². The van der Waals surface area contributed by atoms with E-state index in [9.17, 15) is 0 Å². The maximum Gasteiger partial charge on any atom is 0.208 e. The van der Waals surface area contributed by atoms with Gasteiger partial charge in [-0.1, -0.05) is 36.8 Å². The lowest BCUT2D eigenvalue weighted by Crippen LogP contribution is -2.42. The summed E-state index contributed by atoms with van der Waals surface area (Å²) in [5.74, 6) is 6.20. The molecule has 4 heteroatoms. The van der Waals surface area contributed by atoms with Gasteiger partial charge in [0.25, 0.3) is 0 Å². The van der Waals surface area contributed by atoms with Crippen molar-refractivity contribution >= 4 is 5.96 Å². The average molecular weight is 234 g/mol. The molecule has 4 nitrogen and oxygen atoms in total. The highest BCUT2D eigenvalue weighted by molar-refractivity contribution is 5.79. The van der Waals surface area contributed by atoms with Gasteiger partial charge in [-0.15, -0.1) is 0 Å². The number of hydrogen-bond donors (Lipinski definition) is 2. The van der Waals surface area contributed by atoms with E-state index in [2.05, 4.69) is 48.5 Å². The van der Waals surface area contributed by atoms with Crippen LogP contribution in [0.1, 0.15) is 24.5 Å². The van der Waals surface area contributed by atoms with Crippen molar-refractivity contribution in [2.24, 2.45) is 10.8 Å². The minimum absolute atomic E-state index is 0.729. The predicted molar refractivity (Wildman–Crippen MR) is 72.6 cm³/mol. The van der Waals surface area contributed by atoms with Gasteiger partial charge in [-0.2, -0.15) is 0 Å². The number of nitrogens with two attached hydrogens (primary N) is 1. The fraction of sp³-hybridized carbons (Fsp3) is 0.462. The Morgan fingerprint density at radius 1 is 1.35 bits per heavy atom. The number of nitrogens with one attached hydrogen (secondary N) is 1. The largest absolute Gasteiger partial charge is 0.341 e. The molecule has 0 aliphatic carbocycles. The van der Waals surface area contributed by atoms with Crippen LogP contribution in [0.25, 0.3) is 0 Å². The maximum absolute atomic E-state index is 5.47. The number of aliphatic imine (C=N–C) groups is 1. The van der Waals surface area contributed by atoms with E-state index >= 15 is 0 Å². The lowest BCUT2D eigenvalue weighted by atomic mass is 10.1. The summed E-state index contributed by atoms with van der Waals surface area (Å²) in [7, 11) is 1.98. The second-order valence-corrected chi connectivity index (χ2v) is 4.19. The molecule has 0 amide bonds. The number of hydrogen-bond acceptors (Lipinski definition) is 2. The molecule has 94 valence electrons. The standard InChI is InChI=1S/C13H22N4/c1-4-9-15-13(16-14)17(3)10-12-7-5-11(2)6-8-12/h5-8H,4,9-10,14H2,1-3H3,(H,15,16). The van der Waals surface area contributed by atoms with Crippen LogP contribution in [0, 0.1) is 6.92 Å². The molecule has 3 N–H and O–H groups in total. The summed E-state index contributed by atoms with van der Waals surface area (Å²) in [4.78, 5) is 6.40. The van der Waals surface area contributed by atoms with E-state index in [0.717, 1.165) is 25.5 Å². The SMILES string of the molecule is CCCN=C(NN)N(C)Cc1ccc(C)cc1. The maximum atomic E-state index is 5.47. The van der Waals surface area contributed by atoms with Gasteiger partial charge in [-0.25, -0.2) is 5.84 Å². The summed E-state index contributed by atoms with van der Waals surface area (Å²) < 4.78 is 0. The van der Waals surface area contributed by atoms with Crippen LogP contribution in [-0.4, -0.2) is 24.5 Å². The smallest absolute Gasteiger partial charge is 0.208 e. The quantitative estimate of drug-likeness (QED) is 0.360. The monoisotopic (exact) mass is 234 g/mol. The Hall–Kier alpha value is -1.55. The first-order chi connectivity index (χ1) is 8.17. The second-order valence-electron chi connectivity index (χ2n) is 4.19. The van der Waals surface area contributed by atoms with Crippen molar-refractivity contribution in [1.82, 2.24) is 10.3 Å². The van der Waals surface area contributed by atoms with Gasteiger partial charge < -0.3 is 4.90 Å². The Morgan fingerprint density at radius 3 is 2.53 bits per heavy atom. The zero-order chi connectivity index (χ0) is 12.7. The molecule has 0 aliphatic rings. The fourth-order valence-electron chi connectivity index (χ4n) is 1.54. The highest BCUT2D eigenvalue weighted by Gasteiger charge is 2.04. The van der Waals surface area contributed by atoms with Gasteiger partial charge in [0.2, 0.25) is 5.96 Å². The molecule has 0 spiro atoms. The molecule has 0 unspecified atom stereocenters. The van der Waals surface area contributed by atoms with Crippen LogP contribution in [0.3, 0.4) is 0 Å². The topological polar surface area (TPSA) is 53.6 Å². The summed E-state index contributed by atoms with van der Waals surface area (Å²) in [5, 5.41) is 0. The van der Waals surface area contributed by atoms with E-state index in [1.54, 1.807) is 0 Å². The van der Waals surface area contributed by atoms with Gasteiger partial charge in [0, 0.05) is 20.1 Å². The summed E-state index contributed by atoms with van der Waals surface area (Å²) in [6.07, 6.45) is 1.02.